The van der Waals surface area contributed by atoms with Crippen LogP contribution < -0.4 is 21.5 Å². The fourth-order valence-electron chi connectivity index (χ4n) is 2.45. The molecule has 0 saturated heterocycles. The van der Waals surface area contributed by atoms with Crippen LogP contribution in [-0.2, 0) is 11.3 Å². The van der Waals surface area contributed by atoms with Gasteiger partial charge in [0.05, 0.1) is 12.0 Å². The molecule has 0 spiro atoms. The second-order valence-electron chi connectivity index (χ2n) is 6.58. The number of carbonyl (C=O) groups is 1. The lowest BCUT2D eigenvalue weighted by molar-refractivity contribution is -0.118. The summed E-state index contributed by atoms with van der Waals surface area (Å²) in [5.41, 5.74) is 5.84. The second kappa shape index (κ2) is 10.3. The Morgan fingerprint density at radius 1 is 1.17 bits per heavy atom. The number of aromatic nitrogens is 3. The molecule has 1 amide bonds. The minimum absolute atomic E-state index is 0.111. The molecule has 4 N–H and O–H groups in total. The number of amides is 1. The van der Waals surface area contributed by atoms with Crippen molar-refractivity contribution in [1.29, 1.82) is 0 Å². The highest BCUT2D eigenvalue weighted by Crippen LogP contribution is 2.16. The Balaban J connectivity index is 1.47. The van der Waals surface area contributed by atoms with Crippen molar-refractivity contribution in [1.82, 2.24) is 20.2 Å². The first-order chi connectivity index (χ1) is 14.5. The molecule has 156 valence electrons. The van der Waals surface area contributed by atoms with Crippen LogP contribution in [0.4, 0.5) is 11.6 Å². The van der Waals surface area contributed by atoms with E-state index >= 15 is 0 Å². The Bertz CT molecular complexity index is 986. The molecule has 1 aromatic heterocycles. The maximum atomic E-state index is 12.0. The predicted molar refractivity (Wildman–Crippen MR) is 121 cm³/mol. The molecule has 0 atom stereocenters. The van der Waals surface area contributed by atoms with Gasteiger partial charge in [-0.1, -0.05) is 54.2 Å². The molecular weight excluding hydrogens is 400 g/mol. The molecule has 0 aliphatic rings. The van der Waals surface area contributed by atoms with E-state index in [1.807, 2.05) is 73.6 Å². The van der Waals surface area contributed by atoms with Crippen LogP contribution in [0.1, 0.15) is 11.1 Å². The van der Waals surface area contributed by atoms with Crippen LogP contribution in [0, 0.1) is 0 Å². The first-order valence-electron chi connectivity index (χ1n) is 9.23. The van der Waals surface area contributed by atoms with E-state index in [0.717, 1.165) is 16.8 Å². The van der Waals surface area contributed by atoms with Gasteiger partial charge in [-0.2, -0.15) is 5.10 Å². The number of carbonyl (C=O) groups excluding carboxylic acids is 1. The molecule has 0 aliphatic carbocycles. The van der Waals surface area contributed by atoms with Gasteiger partial charge in [0.2, 0.25) is 11.1 Å². The quantitative estimate of drug-likeness (QED) is 0.208. The summed E-state index contributed by atoms with van der Waals surface area (Å²) in [6.07, 6.45) is 1.66. The minimum Gasteiger partial charge on any atom is -0.378 e. The highest BCUT2D eigenvalue weighted by molar-refractivity contribution is 7.99. The zero-order chi connectivity index (χ0) is 21.3. The molecule has 2 aromatic carbocycles. The van der Waals surface area contributed by atoms with Crippen molar-refractivity contribution in [2.24, 2.45) is 5.10 Å². The largest absolute Gasteiger partial charge is 0.378 e. The van der Waals surface area contributed by atoms with Crippen LogP contribution in [0.2, 0.25) is 0 Å². The topological polar surface area (TPSA) is 113 Å². The lowest BCUT2D eigenvalue weighted by Crippen LogP contribution is -2.25. The van der Waals surface area contributed by atoms with E-state index in [2.05, 4.69) is 26.0 Å². The SMILES string of the molecule is CN(C)c1ccc(/C=N/Nc2nnc(SCC(=O)NCc3ccccc3)n2N)cc1. The Kier molecular flexibility index (Phi) is 7.28. The Labute approximate surface area is 179 Å². The van der Waals surface area contributed by atoms with Gasteiger partial charge in [0.1, 0.15) is 0 Å². The number of anilines is 2. The van der Waals surface area contributed by atoms with Gasteiger partial charge < -0.3 is 16.1 Å². The van der Waals surface area contributed by atoms with Gasteiger partial charge in [0.15, 0.2) is 0 Å². The van der Waals surface area contributed by atoms with Crippen molar-refractivity contribution in [3.05, 3.63) is 65.7 Å². The molecule has 0 radical (unpaired) electrons. The lowest BCUT2D eigenvalue weighted by atomic mass is 10.2. The summed E-state index contributed by atoms with van der Waals surface area (Å²) in [7, 11) is 3.97. The van der Waals surface area contributed by atoms with Crippen molar-refractivity contribution in [2.75, 3.05) is 36.0 Å². The molecule has 0 saturated carbocycles. The summed E-state index contributed by atoms with van der Waals surface area (Å²) in [4.78, 5) is 14.1. The first-order valence-corrected chi connectivity index (χ1v) is 10.2. The number of rotatable bonds is 9. The number of hydrogen-bond donors (Lipinski definition) is 3. The summed E-state index contributed by atoms with van der Waals surface area (Å²) in [5.74, 6) is 6.34. The van der Waals surface area contributed by atoms with E-state index in [1.165, 1.54) is 16.4 Å². The lowest BCUT2D eigenvalue weighted by Gasteiger charge is -2.11. The van der Waals surface area contributed by atoms with Gasteiger partial charge in [0.25, 0.3) is 5.95 Å². The average Bonchev–Trinajstić information content (AvgIpc) is 3.11. The normalized spacial score (nSPS) is 10.9. The van der Waals surface area contributed by atoms with Gasteiger partial charge in [-0.15, -0.1) is 10.2 Å². The van der Waals surface area contributed by atoms with Crippen LogP contribution in [0.15, 0.2) is 64.9 Å². The number of nitrogens with two attached hydrogens (primary N) is 1. The number of nitrogens with zero attached hydrogens (tertiary/aromatic N) is 5. The highest BCUT2D eigenvalue weighted by Gasteiger charge is 2.11. The van der Waals surface area contributed by atoms with E-state index in [9.17, 15) is 4.79 Å². The van der Waals surface area contributed by atoms with E-state index in [0.29, 0.717) is 11.7 Å². The molecule has 0 bridgehead atoms. The zero-order valence-corrected chi connectivity index (χ0v) is 17.6. The summed E-state index contributed by atoms with van der Waals surface area (Å²) in [6.45, 7) is 0.479. The number of hydrazone groups is 1. The van der Waals surface area contributed by atoms with Crippen molar-refractivity contribution >= 4 is 35.5 Å². The van der Waals surface area contributed by atoms with Crippen LogP contribution in [0.5, 0.6) is 0 Å². The maximum Gasteiger partial charge on any atom is 0.264 e. The second-order valence-corrected chi connectivity index (χ2v) is 7.53. The van der Waals surface area contributed by atoms with Crippen LogP contribution >= 0.6 is 11.8 Å². The van der Waals surface area contributed by atoms with E-state index < -0.39 is 0 Å². The fourth-order valence-corrected chi connectivity index (χ4v) is 3.14. The Morgan fingerprint density at radius 3 is 2.60 bits per heavy atom. The summed E-state index contributed by atoms with van der Waals surface area (Å²) in [6, 6.07) is 17.6. The van der Waals surface area contributed by atoms with Crippen molar-refractivity contribution < 1.29 is 4.79 Å². The van der Waals surface area contributed by atoms with Crippen LogP contribution in [0.25, 0.3) is 0 Å². The van der Waals surface area contributed by atoms with Crippen molar-refractivity contribution in [3.8, 4) is 0 Å². The summed E-state index contributed by atoms with van der Waals surface area (Å²) >= 11 is 1.20. The molecule has 30 heavy (non-hydrogen) atoms. The molecule has 1 heterocycles. The summed E-state index contributed by atoms with van der Waals surface area (Å²) < 4.78 is 1.27. The predicted octanol–water partition coefficient (Wildman–Crippen LogP) is 1.91. The first kappa shape index (κ1) is 21.2. The zero-order valence-electron chi connectivity index (χ0n) is 16.8. The number of nitrogens with one attached hydrogen (secondary N) is 2. The number of thioether (sulfide) groups is 1. The third kappa shape index (κ3) is 5.98. The maximum absolute atomic E-state index is 12.0. The van der Waals surface area contributed by atoms with Gasteiger partial charge in [-0.25, -0.2) is 10.1 Å². The molecule has 3 rings (SSSR count). The monoisotopic (exact) mass is 424 g/mol. The molecule has 9 nitrogen and oxygen atoms in total. The van der Waals surface area contributed by atoms with Gasteiger partial charge in [-0.05, 0) is 23.3 Å². The fraction of sp³-hybridized carbons (Fsp3) is 0.200. The standard InChI is InChI=1S/C20H24N8OS/c1-27(2)17-10-8-16(9-11-17)13-23-24-19-25-26-20(28(19)21)30-14-18(29)22-12-15-6-4-3-5-7-15/h3-11,13H,12,14,21H2,1-2H3,(H,22,29)(H,24,25)/b23-13+. The molecule has 0 aliphatic heterocycles. The Morgan fingerprint density at radius 2 is 1.90 bits per heavy atom. The van der Waals surface area contributed by atoms with Gasteiger partial charge in [0, 0.05) is 26.3 Å². The van der Waals surface area contributed by atoms with Gasteiger partial charge >= 0.3 is 0 Å². The number of hydrogen-bond acceptors (Lipinski definition) is 8. The van der Waals surface area contributed by atoms with Crippen LogP contribution in [0.3, 0.4) is 0 Å². The molecule has 0 unspecified atom stereocenters. The molecular formula is C20H24N8OS. The van der Waals surface area contributed by atoms with Crippen molar-refractivity contribution in [3.63, 3.8) is 0 Å². The highest BCUT2D eigenvalue weighted by atomic mass is 32.2. The Hall–Kier alpha value is -3.53. The van der Waals surface area contributed by atoms with Crippen molar-refractivity contribution in [2.45, 2.75) is 11.7 Å². The average molecular weight is 425 g/mol. The van der Waals surface area contributed by atoms with Crippen LogP contribution in [-0.4, -0.2) is 46.8 Å². The smallest absolute Gasteiger partial charge is 0.264 e. The van der Waals surface area contributed by atoms with Gasteiger partial charge in [-0.3, -0.25) is 4.79 Å². The summed E-state index contributed by atoms with van der Waals surface area (Å²) in [5, 5.41) is 15.4. The number of benzene rings is 2. The third-order valence-corrected chi connectivity index (χ3v) is 5.06. The minimum atomic E-state index is -0.111. The molecule has 0 fully saturated rings. The molecule has 10 heteroatoms. The van der Waals surface area contributed by atoms with E-state index in [1.54, 1.807) is 6.21 Å². The number of nitrogen functional groups attached to an aromatic ring is 1. The van der Waals surface area contributed by atoms with E-state index in [4.69, 9.17) is 5.84 Å². The third-order valence-electron chi connectivity index (χ3n) is 4.12. The molecule has 3 aromatic rings. The van der Waals surface area contributed by atoms with E-state index in [-0.39, 0.29) is 17.6 Å².